The molecule has 208 valence electrons. The second-order valence-corrected chi connectivity index (χ2v) is 11.4. The van der Waals surface area contributed by atoms with Crippen molar-refractivity contribution in [1.82, 2.24) is 19.9 Å². The van der Waals surface area contributed by atoms with Crippen molar-refractivity contribution < 1.29 is 14.4 Å². The van der Waals surface area contributed by atoms with Gasteiger partial charge in [0.1, 0.15) is 0 Å². The first-order chi connectivity index (χ1) is 19.7. The molecule has 7 heteroatoms. The van der Waals surface area contributed by atoms with Crippen molar-refractivity contribution in [2.75, 3.05) is 0 Å². The number of ketones is 2. The minimum absolute atomic E-state index is 0.0180. The lowest BCUT2D eigenvalue weighted by atomic mass is 9.85. The number of carbonyl (C=O) groups is 3. The maximum atomic E-state index is 13.4. The highest BCUT2D eigenvalue weighted by Crippen LogP contribution is 2.46. The molecule has 2 aromatic heterocycles. The van der Waals surface area contributed by atoms with Crippen LogP contribution < -0.4 is 0 Å². The zero-order valence-electron chi connectivity index (χ0n) is 24.2. The summed E-state index contributed by atoms with van der Waals surface area (Å²) in [6.07, 6.45) is 4.00. The van der Waals surface area contributed by atoms with E-state index in [1.54, 1.807) is 0 Å². The first-order valence-corrected chi connectivity index (χ1v) is 14.3. The van der Waals surface area contributed by atoms with Gasteiger partial charge in [0.2, 0.25) is 0 Å². The summed E-state index contributed by atoms with van der Waals surface area (Å²) in [6, 6.07) is 6.21. The molecule has 0 amide bonds. The van der Waals surface area contributed by atoms with Gasteiger partial charge >= 0.3 is 0 Å². The van der Waals surface area contributed by atoms with Crippen LogP contribution in [0.15, 0.2) is 30.9 Å². The summed E-state index contributed by atoms with van der Waals surface area (Å²) in [4.78, 5) is 53.8. The zero-order chi connectivity index (χ0) is 29.2. The minimum atomic E-state index is -0.420. The number of hydrogen-bond acceptors (Lipinski definition) is 5. The standard InChI is InChI=1S/C34H34N4O3/c1-7-21-16(3)25-12-27-18(5)23(10-9-20(40)15-39)33(37-27)24-11-31(41)32-19(6)28(38-34(24)32)14-30-22(8-2)17(4)26(36-30)13-29(21)35-25/h7,12-15,18,23,36-37H,1,8-11H2,2-6H3/t18-,23?/m0/s1. The van der Waals surface area contributed by atoms with Crippen LogP contribution in [0.1, 0.15) is 103 Å². The fraction of sp³-hybridized carbons (Fsp3) is 0.324. The largest absolute Gasteiger partial charge is 0.361 e. The number of aromatic nitrogens is 4. The third kappa shape index (κ3) is 4.14. The van der Waals surface area contributed by atoms with Gasteiger partial charge in [-0.05, 0) is 74.1 Å². The Morgan fingerprint density at radius 3 is 2.49 bits per heavy atom. The predicted octanol–water partition coefficient (Wildman–Crippen LogP) is 6.52. The molecule has 1 unspecified atom stereocenters. The molecule has 4 aliphatic rings. The molecular weight excluding hydrogens is 512 g/mol. The summed E-state index contributed by atoms with van der Waals surface area (Å²) >= 11 is 0. The smallest absolute Gasteiger partial charge is 0.195 e. The van der Waals surface area contributed by atoms with Gasteiger partial charge in [-0.1, -0.05) is 26.5 Å². The maximum Gasteiger partial charge on any atom is 0.195 e. The normalized spacial score (nSPS) is 18.7. The van der Waals surface area contributed by atoms with Gasteiger partial charge in [-0.3, -0.25) is 14.4 Å². The summed E-state index contributed by atoms with van der Waals surface area (Å²) < 4.78 is 0. The van der Waals surface area contributed by atoms with E-state index in [2.05, 4.69) is 62.4 Å². The highest BCUT2D eigenvalue weighted by molar-refractivity contribution is 6.32. The lowest BCUT2D eigenvalue weighted by molar-refractivity contribution is -0.130. The number of hydrogen-bond donors (Lipinski definition) is 2. The SMILES string of the molecule is C=CC1=C(C)c2cc3[nH]c(c4c5nc(cc6[nH]c(cc1n2)c(C)c6CC)C(C)=C5C(=O)C4)C(CCC(=O)C=O)[C@@H]3C. The fourth-order valence-corrected chi connectivity index (χ4v) is 6.80. The number of carbonyl (C=O) groups excluding carboxylic acids is 3. The molecule has 8 bridgehead atoms. The molecule has 0 saturated carbocycles. The highest BCUT2D eigenvalue weighted by Gasteiger charge is 2.38. The van der Waals surface area contributed by atoms with E-state index in [1.807, 2.05) is 13.0 Å². The molecule has 0 saturated heterocycles. The third-order valence-electron chi connectivity index (χ3n) is 9.20. The van der Waals surface area contributed by atoms with E-state index in [4.69, 9.17) is 9.97 Å². The van der Waals surface area contributed by atoms with Crippen molar-refractivity contribution >= 4 is 51.2 Å². The van der Waals surface area contributed by atoms with Crippen molar-refractivity contribution in [3.63, 3.8) is 0 Å². The Bertz CT molecular complexity index is 1830. The van der Waals surface area contributed by atoms with Crippen molar-refractivity contribution in [3.05, 3.63) is 81.7 Å². The molecule has 1 aliphatic carbocycles. The van der Waals surface area contributed by atoms with E-state index in [-0.39, 0.29) is 30.5 Å². The Morgan fingerprint density at radius 2 is 1.78 bits per heavy atom. The van der Waals surface area contributed by atoms with Crippen LogP contribution in [0.4, 0.5) is 0 Å². The second kappa shape index (κ2) is 9.91. The number of Topliss-reactive ketones (excluding diaryl/α,β-unsaturated/α-hetero) is 2. The average Bonchev–Trinajstić information content (AvgIpc) is 3.70. The summed E-state index contributed by atoms with van der Waals surface area (Å²) in [7, 11) is 0. The van der Waals surface area contributed by atoms with Crippen molar-refractivity contribution in [2.24, 2.45) is 0 Å². The molecule has 3 aliphatic heterocycles. The number of nitrogens with one attached hydrogen (secondary N) is 2. The van der Waals surface area contributed by atoms with Gasteiger partial charge in [0.15, 0.2) is 17.9 Å². The van der Waals surface area contributed by atoms with Gasteiger partial charge in [-0.2, -0.15) is 0 Å². The Morgan fingerprint density at radius 1 is 1.05 bits per heavy atom. The van der Waals surface area contributed by atoms with E-state index in [1.165, 1.54) is 5.56 Å². The first-order valence-electron chi connectivity index (χ1n) is 14.3. The fourth-order valence-electron chi connectivity index (χ4n) is 6.80. The molecule has 6 rings (SSSR count). The Balaban J connectivity index is 1.73. The first kappa shape index (κ1) is 26.8. The molecule has 2 atom stereocenters. The van der Waals surface area contributed by atoms with Crippen LogP contribution in [0, 0.1) is 6.92 Å². The van der Waals surface area contributed by atoms with Gasteiger partial charge in [-0.25, -0.2) is 9.97 Å². The molecule has 0 aromatic carbocycles. The average molecular weight is 547 g/mol. The van der Waals surface area contributed by atoms with Crippen LogP contribution in [0.2, 0.25) is 0 Å². The van der Waals surface area contributed by atoms with Crippen LogP contribution in [0.3, 0.4) is 0 Å². The molecule has 0 fully saturated rings. The highest BCUT2D eigenvalue weighted by atomic mass is 16.2. The van der Waals surface area contributed by atoms with E-state index in [0.717, 1.165) is 79.5 Å². The zero-order valence-corrected chi connectivity index (χ0v) is 24.2. The van der Waals surface area contributed by atoms with Crippen LogP contribution >= 0.6 is 0 Å². The summed E-state index contributed by atoms with van der Waals surface area (Å²) in [6.45, 7) is 14.5. The molecule has 0 radical (unpaired) electrons. The van der Waals surface area contributed by atoms with E-state index < -0.39 is 5.78 Å². The van der Waals surface area contributed by atoms with Gasteiger partial charge < -0.3 is 9.97 Å². The monoisotopic (exact) mass is 546 g/mol. The minimum Gasteiger partial charge on any atom is -0.361 e. The second-order valence-electron chi connectivity index (χ2n) is 11.4. The Labute approximate surface area is 239 Å². The number of allylic oxidation sites excluding steroid dienone is 5. The van der Waals surface area contributed by atoms with E-state index in [9.17, 15) is 14.4 Å². The number of aromatic amines is 2. The van der Waals surface area contributed by atoms with Crippen molar-refractivity contribution in [1.29, 1.82) is 0 Å². The molecule has 5 heterocycles. The Kier molecular flexibility index (Phi) is 6.48. The molecule has 2 aromatic rings. The summed E-state index contributed by atoms with van der Waals surface area (Å²) in [5.74, 6) is -0.413. The molecular formula is C34H34N4O3. The maximum absolute atomic E-state index is 13.4. The third-order valence-corrected chi connectivity index (χ3v) is 9.20. The van der Waals surface area contributed by atoms with E-state index in [0.29, 0.717) is 18.3 Å². The molecule has 7 nitrogen and oxygen atoms in total. The number of fused-ring (bicyclic) bond motifs is 8. The van der Waals surface area contributed by atoms with Crippen molar-refractivity contribution in [3.8, 4) is 0 Å². The predicted molar refractivity (Wildman–Crippen MR) is 162 cm³/mol. The number of rotatable bonds is 6. The van der Waals surface area contributed by atoms with Crippen molar-refractivity contribution in [2.45, 2.75) is 72.1 Å². The van der Waals surface area contributed by atoms with Crippen LogP contribution in [-0.2, 0) is 27.2 Å². The van der Waals surface area contributed by atoms with Crippen LogP contribution in [0.25, 0.3) is 33.3 Å². The van der Waals surface area contributed by atoms with Gasteiger partial charge in [0.25, 0.3) is 0 Å². The quantitative estimate of drug-likeness (QED) is 0.317. The number of aldehydes is 1. The number of H-pyrrole nitrogens is 2. The molecule has 2 N–H and O–H groups in total. The van der Waals surface area contributed by atoms with Gasteiger partial charge in [-0.15, -0.1) is 0 Å². The molecule has 0 spiro atoms. The Hall–Kier alpha value is -4.39. The number of aryl methyl sites for hydroxylation is 2. The van der Waals surface area contributed by atoms with Crippen LogP contribution in [0.5, 0.6) is 0 Å². The van der Waals surface area contributed by atoms with E-state index >= 15 is 0 Å². The van der Waals surface area contributed by atoms with Crippen LogP contribution in [-0.4, -0.2) is 37.8 Å². The topological polar surface area (TPSA) is 109 Å². The van der Waals surface area contributed by atoms with Gasteiger partial charge in [0, 0.05) is 63.8 Å². The summed E-state index contributed by atoms with van der Waals surface area (Å²) in [5.41, 5.74) is 13.9. The number of nitrogens with zero attached hydrogens (tertiary/aromatic N) is 2. The summed E-state index contributed by atoms with van der Waals surface area (Å²) in [5, 5.41) is 0. The lowest BCUT2D eigenvalue weighted by Crippen LogP contribution is -2.09. The molecule has 41 heavy (non-hydrogen) atoms. The lowest BCUT2D eigenvalue weighted by Gasteiger charge is -2.17. The van der Waals surface area contributed by atoms with Gasteiger partial charge in [0.05, 0.1) is 22.8 Å².